The Morgan fingerprint density at radius 1 is 1.35 bits per heavy atom. The molecule has 0 aliphatic carbocycles. The molecule has 0 radical (unpaired) electrons. The third-order valence-corrected chi connectivity index (χ3v) is 3.10. The molecule has 0 saturated carbocycles. The van der Waals surface area contributed by atoms with Gasteiger partial charge in [-0.3, -0.25) is 0 Å². The van der Waals surface area contributed by atoms with Crippen LogP contribution in [0.1, 0.15) is 18.3 Å². The van der Waals surface area contributed by atoms with Crippen LogP contribution in [0.15, 0.2) is 41.1 Å². The molecule has 17 heavy (non-hydrogen) atoms. The van der Waals surface area contributed by atoms with Gasteiger partial charge in [-0.2, -0.15) is 0 Å². The first-order chi connectivity index (χ1) is 8.15. The van der Waals surface area contributed by atoms with E-state index >= 15 is 0 Å². The van der Waals surface area contributed by atoms with Crippen LogP contribution in [0.4, 0.5) is 0 Å². The highest BCUT2D eigenvalue weighted by Gasteiger charge is 2.05. The van der Waals surface area contributed by atoms with Crippen molar-refractivity contribution in [2.75, 3.05) is 0 Å². The lowest BCUT2D eigenvalue weighted by atomic mass is 10.2. The molecule has 3 nitrogen and oxygen atoms in total. The number of benzene rings is 1. The molecule has 1 unspecified atom stereocenters. The Morgan fingerprint density at radius 3 is 2.71 bits per heavy atom. The third-order valence-electron chi connectivity index (χ3n) is 2.57. The molecule has 2 N–H and O–H groups in total. The minimum atomic E-state index is 0.140. The Balaban J connectivity index is 2.13. The molecule has 2 aromatic rings. The zero-order valence-corrected chi connectivity index (χ0v) is 11.4. The van der Waals surface area contributed by atoms with Crippen LogP contribution in [0.2, 0.25) is 0 Å². The van der Waals surface area contributed by atoms with Gasteiger partial charge in [-0.1, -0.05) is 28.1 Å². The quantitative estimate of drug-likeness (QED) is 0.942. The SMILES string of the molecule is CC(N)Cc1nccn1Cc1ccc(Br)cc1. The average molecular weight is 294 g/mol. The summed E-state index contributed by atoms with van der Waals surface area (Å²) in [7, 11) is 0. The minimum absolute atomic E-state index is 0.140. The van der Waals surface area contributed by atoms with Gasteiger partial charge in [0, 0.05) is 35.9 Å². The third kappa shape index (κ3) is 3.41. The number of nitrogens with two attached hydrogens (primary N) is 1. The molecule has 0 saturated heterocycles. The van der Waals surface area contributed by atoms with Gasteiger partial charge in [0.15, 0.2) is 0 Å². The molecule has 1 aromatic heterocycles. The maximum absolute atomic E-state index is 5.81. The summed E-state index contributed by atoms with van der Waals surface area (Å²) in [5.41, 5.74) is 7.07. The van der Waals surface area contributed by atoms with E-state index in [1.807, 2.05) is 19.3 Å². The normalized spacial score (nSPS) is 12.6. The van der Waals surface area contributed by atoms with Gasteiger partial charge in [-0.05, 0) is 24.6 Å². The molecule has 0 aliphatic heterocycles. The fraction of sp³-hybridized carbons (Fsp3) is 0.308. The monoisotopic (exact) mass is 293 g/mol. The van der Waals surface area contributed by atoms with Crippen molar-refractivity contribution in [3.8, 4) is 0 Å². The predicted molar refractivity (Wildman–Crippen MR) is 72.8 cm³/mol. The van der Waals surface area contributed by atoms with E-state index in [0.717, 1.165) is 23.3 Å². The van der Waals surface area contributed by atoms with Crippen molar-refractivity contribution in [3.63, 3.8) is 0 Å². The second kappa shape index (κ2) is 5.47. The van der Waals surface area contributed by atoms with E-state index in [0.29, 0.717) is 0 Å². The number of nitrogens with zero attached hydrogens (tertiary/aromatic N) is 2. The maximum Gasteiger partial charge on any atom is 0.110 e. The van der Waals surface area contributed by atoms with Crippen LogP contribution >= 0.6 is 15.9 Å². The van der Waals surface area contributed by atoms with E-state index in [1.165, 1.54) is 5.56 Å². The molecular weight excluding hydrogens is 278 g/mol. The van der Waals surface area contributed by atoms with Crippen LogP contribution in [0.3, 0.4) is 0 Å². The fourth-order valence-corrected chi connectivity index (χ4v) is 2.01. The van der Waals surface area contributed by atoms with Gasteiger partial charge in [0.2, 0.25) is 0 Å². The summed E-state index contributed by atoms with van der Waals surface area (Å²) in [5, 5.41) is 0. The molecule has 0 fully saturated rings. The number of imidazole rings is 1. The summed E-state index contributed by atoms with van der Waals surface area (Å²) in [6, 6.07) is 8.47. The van der Waals surface area contributed by atoms with Crippen molar-refractivity contribution in [2.45, 2.75) is 25.9 Å². The molecule has 0 bridgehead atoms. The maximum atomic E-state index is 5.81. The highest BCUT2D eigenvalue weighted by molar-refractivity contribution is 9.10. The number of aromatic nitrogens is 2. The van der Waals surface area contributed by atoms with Crippen LogP contribution in [0.5, 0.6) is 0 Å². The van der Waals surface area contributed by atoms with Crippen molar-refractivity contribution in [1.82, 2.24) is 9.55 Å². The zero-order chi connectivity index (χ0) is 12.3. The summed E-state index contributed by atoms with van der Waals surface area (Å²) in [6.45, 7) is 2.84. The largest absolute Gasteiger partial charge is 0.330 e. The zero-order valence-electron chi connectivity index (χ0n) is 9.81. The molecule has 1 atom stereocenters. The van der Waals surface area contributed by atoms with Crippen molar-refractivity contribution >= 4 is 15.9 Å². The molecule has 1 aromatic carbocycles. The highest BCUT2D eigenvalue weighted by atomic mass is 79.9. The highest BCUT2D eigenvalue weighted by Crippen LogP contribution is 2.12. The minimum Gasteiger partial charge on any atom is -0.330 e. The van der Waals surface area contributed by atoms with Gasteiger partial charge in [0.1, 0.15) is 5.82 Å². The van der Waals surface area contributed by atoms with Crippen LogP contribution in [0, 0.1) is 0 Å². The van der Waals surface area contributed by atoms with E-state index in [1.54, 1.807) is 0 Å². The summed E-state index contributed by atoms with van der Waals surface area (Å²) >= 11 is 3.43. The Hall–Kier alpha value is -1.13. The second-order valence-electron chi connectivity index (χ2n) is 4.28. The number of rotatable bonds is 4. The van der Waals surface area contributed by atoms with Gasteiger partial charge in [0.25, 0.3) is 0 Å². The van der Waals surface area contributed by atoms with Gasteiger partial charge in [0.05, 0.1) is 0 Å². The lowest BCUT2D eigenvalue weighted by molar-refractivity contribution is 0.648. The molecule has 2 rings (SSSR count). The van der Waals surface area contributed by atoms with Crippen molar-refractivity contribution in [3.05, 3.63) is 52.5 Å². The number of hydrogen-bond acceptors (Lipinski definition) is 2. The van der Waals surface area contributed by atoms with E-state index < -0.39 is 0 Å². The molecule has 4 heteroatoms. The molecule has 0 aliphatic rings. The van der Waals surface area contributed by atoms with Gasteiger partial charge < -0.3 is 10.3 Å². The Morgan fingerprint density at radius 2 is 2.06 bits per heavy atom. The Kier molecular flexibility index (Phi) is 3.97. The van der Waals surface area contributed by atoms with Gasteiger partial charge in [-0.25, -0.2) is 4.98 Å². The van der Waals surface area contributed by atoms with Gasteiger partial charge >= 0.3 is 0 Å². The fourth-order valence-electron chi connectivity index (χ4n) is 1.75. The topological polar surface area (TPSA) is 43.8 Å². The summed E-state index contributed by atoms with van der Waals surface area (Å²) in [4.78, 5) is 4.34. The lowest BCUT2D eigenvalue weighted by Gasteiger charge is -2.09. The second-order valence-corrected chi connectivity index (χ2v) is 5.19. The Labute approximate surface area is 110 Å². The van der Waals surface area contributed by atoms with E-state index in [2.05, 4.69) is 49.7 Å². The lowest BCUT2D eigenvalue weighted by Crippen LogP contribution is -2.20. The molecule has 0 spiro atoms. The van der Waals surface area contributed by atoms with E-state index in [9.17, 15) is 0 Å². The van der Waals surface area contributed by atoms with E-state index in [-0.39, 0.29) is 6.04 Å². The molecule has 1 heterocycles. The van der Waals surface area contributed by atoms with Gasteiger partial charge in [-0.15, -0.1) is 0 Å². The van der Waals surface area contributed by atoms with E-state index in [4.69, 9.17) is 5.73 Å². The molecule has 0 amide bonds. The number of halogens is 1. The Bertz CT molecular complexity index is 474. The first-order valence-electron chi connectivity index (χ1n) is 5.65. The first-order valence-corrected chi connectivity index (χ1v) is 6.44. The standard InChI is InChI=1S/C13H16BrN3/c1-10(15)8-13-16-6-7-17(13)9-11-2-4-12(14)5-3-11/h2-7,10H,8-9,15H2,1H3. The average Bonchev–Trinajstić information content (AvgIpc) is 2.68. The van der Waals surface area contributed by atoms with Crippen molar-refractivity contribution in [2.24, 2.45) is 5.73 Å². The number of hydrogen-bond donors (Lipinski definition) is 1. The smallest absolute Gasteiger partial charge is 0.110 e. The molecule has 90 valence electrons. The van der Waals surface area contributed by atoms with Crippen molar-refractivity contribution in [1.29, 1.82) is 0 Å². The first kappa shape index (κ1) is 12.3. The summed E-state index contributed by atoms with van der Waals surface area (Å²) < 4.78 is 3.25. The summed E-state index contributed by atoms with van der Waals surface area (Å²) in [5.74, 6) is 1.04. The van der Waals surface area contributed by atoms with Crippen LogP contribution < -0.4 is 5.73 Å². The predicted octanol–water partition coefficient (Wildman–Crippen LogP) is 2.58. The van der Waals surface area contributed by atoms with Crippen LogP contribution in [-0.2, 0) is 13.0 Å². The van der Waals surface area contributed by atoms with Crippen LogP contribution in [-0.4, -0.2) is 15.6 Å². The molecular formula is C13H16BrN3. The summed E-state index contributed by atoms with van der Waals surface area (Å²) in [6.07, 6.45) is 4.64. The van der Waals surface area contributed by atoms with Crippen LogP contribution in [0.25, 0.3) is 0 Å². The van der Waals surface area contributed by atoms with Crippen molar-refractivity contribution < 1.29 is 0 Å².